The molecular weight excluding hydrogens is 258 g/mol. The van der Waals surface area contributed by atoms with Crippen LogP contribution >= 0.6 is 11.8 Å². The van der Waals surface area contributed by atoms with Gasteiger partial charge in [-0.2, -0.15) is 11.8 Å². The molecular formula is C15H29NO2S. The van der Waals surface area contributed by atoms with E-state index in [1.807, 2.05) is 18.7 Å². The lowest BCUT2D eigenvalue weighted by Gasteiger charge is -2.30. The van der Waals surface area contributed by atoms with Gasteiger partial charge in [0.1, 0.15) is 5.54 Å². The van der Waals surface area contributed by atoms with Crippen molar-refractivity contribution in [3.05, 3.63) is 0 Å². The molecule has 1 aliphatic rings. The van der Waals surface area contributed by atoms with Gasteiger partial charge in [0.05, 0.1) is 7.11 Å². The summed E-state index contributed by atoms with van der Waals surface area (Å²) in [5.41, 5.74) is -0.550. The van der Waals surface area contributed by atoms with Gasteiger partial charge in [0.15, 0.2) is 0 Å². The second-order valence-electron chi connectivity index (χ2n) is 6.10. The van der Waals surface area contributed by atoms with Crippen LogP contribution in [-0.2, 0) is 9.53 Å². The predicted octanol–water partition coefficient (Wildman–Crippen LogP) is 3.23. The highest BCUT2D eigenvalue weighted by atomic mass is 32.2. The van der Waals surface area contributed by atoms with Crippen LogP contribution in [0, 0.1) is 5.92 Å². The van der Waals surface area contributed by atoms with E-state index < -0.39 is 5.54 Å². The monoisotopic (exact) mass is 287 g/mol. The molecule has 112 valence electrons. The minimum absolute atomic E-state index is 0.150. The van der Waals surface area contributed by atoms with Gasteiger partial charge in [-0.25, -0.2) is 0 Å². The fourth-order valence-electron chi connectivity index (χ4n) is 2.80. The maximum absolute atomic E-state index is 11.9. The van der Waals surface area contributed by atoms with E-state index in [9.17, 15) is 4.79 Å². The number of esters is 1. The van der Waals surface area contributed by atoms with Gasteiger partial charge in [-0.3, -0.25) is 10.1 Å². The average Bonchev–Trinajstić information content (AvgIpc) is 2.85. The van der Waals surface area contributed by atoms with Crippen LogP contribution < -0.4 is 5.32 Å². The van der Waals surface area contributed by atoms with E-state index in [1.54, 1.807) is 0 Å². The summed E-state index contributed by atoms with van der Waals surface area (Å²) in [4.78, 5) is 11.9. The van der Waals surface area contributed by atoms with E-state index in [-0.39, 0.29) is 12.0 Å². The van der Waals surface area contributed by atoms with Crippen LogP contribution in [0.15, 0.2) is 0 Å². The highest BCUT2D eigenvalue weighted by Crippen LogP contribution is 2.28. The van der Waals surface area contributed by atoms with E-state index in [1.165, 1.54) is 38.5 Å². The summed E-state index contributed by atoms with van der Waals surface area (Å²) < 4.78 is 4.94. The number of ether oxygens (including phenoxy) is 1. The van der Waals surface area contributed by atoms with Crippen molar-refractivity contribution >= 4 is 17.7 Å². The Hall–Kier alpha value is -0.220. The fraction of sp³-hybridized carbons (Fsp3) is 0.933. The van der Waals surface area contributed by atoms with Crippen LogP contribution in [0.2, 0.25) is 0 Å². The van der Waals surface area contributed by atoms with Gasteiger partial charge in [0, 0.05) is 6.04 Å². The molecule has 1 N–H and O–H groups in total. The minimum Gasteiger partial charge on any atom is -0.468 e. The van der Waals surface area contributed by atoms with Crippen molar-refractivity contribution in [1.29, 1.82) is 0 Å². The normalized spacial score (nSPS) is 19.6. The van der Waals surface area contributed by atoms with Crippen molar-refractivity contribution in [1.82, 2.24) is 5.32 Å². The first-order valence-electron chi connectivity index (χ1n) is 7.42. The Morgan fingerprint density at radius 3 is 2.58 bits per heavy atom. The molecule has 0 bridgehead atoms. The molecule has 1 atom stereocenters. The molecule has 4 heteroatoms. The van der Waals surface area contributed by atoms with Gasteiger partial charge in [0.25, 0.3) is 0 Å². The van der Waals surface area contributed by atoms with Crippen molar-refractivity contribution in [2.75, 3.05) is 18.6 Å². The second-order valence-corrected chi connectivity index (χ2v) is 7.25. The lowest BCUT2D eigenvalue weighted by molar-refractivity contribution is -0.148. The first-order valence-corrected chi connectivity index (χ1v) is 8.57. The number of thioether (sulfide) groups is 1. The number of carbonyl (C=O) groups excluding carboxylic acids is 1. The van der Waals surface area contributed by atoms with Gasteiger partial charge < -0.3 is 4.74 Å². The van der Waals surface area contributed by atoms with Crippen LogP contribution in [0.4, 0.5) is 0 Å². The third kappa shape index (κ3) is 5.74. The van der Waals surface area contributed by atoms with Crippen LogP contribution in [0.25, 0.3) is 0 Å². The van der Waals surface area contributed by atoms with E-state index in [0.29, 0.717) is 0 Å². The van der Waals surface area contributed by atoms with Gasteiger partial charge in [-0.15, -0.1) is 0 Å². The van der Waals surface area contributed by atoms with E-state index in [0.717, 1.165) is 18.1 Å². The maximum Gasteiger partial charge on any atom is 0.325 e. The quantitative estimate of drug-likeness (QED) is 0.549. The number of nitrogens with one attached hydrogen (secondary N) is 1. The fourth-order valence-corrected chi connectivity index (χ4v) is 4.18. The number of hydrogen-bond donors (Lipinski definition) is 1. The molecule has 1 rings (SSSR count). The first-order chi connectivity index (χ1) is 8.98. The molecule has 0 amide bonds. The Kier molecular flexibility index (Phi) is 7.22. The molecule has 3 nitrogen and oxygen atoms in total. The summed E-state index contributed by atoms with van der Waals surface area (Å²) in [6.45, 7) is 6.08. The molecule has 0 aromatic carbocycles. The molecule has 0 heterocycles. The SMILES string of the molecule is COC(=O)C(C)(CCSCC1CCCC1)NC(C)C. The second kappa shape index (κ2) is 8.15. The van der Waals surface area contributed by atoms with Gasteiger partial charge in [0.2, 0.25) is 0 Å². The average molecular weight is 287 g/mol. The molecule has 19 heavy (non-hydrogen) atoms. The van der Waals surface area contributed by atoms with Crippen LogP contribution in [0.1, 0.15) is 52.9 Å². The van der Waals surface area contributed by atoms with Crippen molar-refractivity contribution in [3.8, 4) is 0 Å². The third-order valence-electron chi connectivity index (χ3n) is 3.82. The van der Waals surface area contributed by atoms with Crippen LogP contribution in [0.3, 0.4) is 0 Å². The minimum atomic E-state index is -0.550. The standard InChI is InChI=1S/C15H29NO2S/c1-12(2)16-15(3,14(17)18-4)9-10-19-11-13-7-5-6-8-13/h12-13,16H,5-11H2,1-4H3. The Balaban J connectivity index is 2.33. The predicted molar refractivity (Wildman–Crippen MR) is 82.6 cm³/mol. The van der Waals surface area contributed by atoms with E-state index in [2.05, 4.69) is 19.2 Å². The molecule has 0 aromatic heterocycles. The van der Waals surface area contributed by atoms with Gasteiger partial charge in [-0.05, 0) is 57.5 Å². The molecule has 0 spiro atoms. The summed E-state index contributed by atoms with van der Waals surface area (Å²) in [5.74, 6) is 3.02. The molecule has 1 saturated carbocycles. The number of methoxy groups -OCH3 is 1. The highest BCUT2D eigenvalue weighted by molar-refractivity contribution is 7.99. The lowest BCUT2D eigenvalue weighted by Crippen LogP contribution is -2.53. The first kappa shape index (κ1) is 16.8. The van der Waals surface area contributed by atoms with Crippen molar-refractivity contribution < 1.29 is 9.53 Å². The highest BCUT2D eigenvalue weighted by Gasteiger charge is 2.34. The Morgan fingerprint density at radius 1 is 1.42 bits per heavy atom. The lowest BCUT2D eigenvalue weighted by atomic mass is 9.98. The largest absolute Gasteiger partial charge is 0.468 e. The number of carbonyl (C=O) groups is 1. The summed E-state index contributed by atoms with van der Waals surface area (Å²) in [6.07, 6.45) is 6.42. The third-order valence-corrected chi connectivity index (χ3v) is 5.02. The zero-order valence-electron chi connectivity index (χ0n) is 12.8. The van der Waals surface area contributed by atoms with Crippen molar-refractivity contribution in [3.63, 3.8) is 0 Å². The summed E-state index contributed by atoms with van der Waals surface area (Å²) in [7, 11) is 1.47. The Bertz CT molecular complexity index is 277. The van der Waals surface area contributed by atoms with Crippen molar-refractivity contribution in [2.45, 2.75) is 64.5 Å². The van der Waals surface area contributed by atoms with Gasteiger partial charge >= 0.3 is 5.97 Å². The molecule has 0 aromatic rings. The summed E-state index contributed by atoms with van der Waals surface area (Å²) in [6, 6.07) is 0.281. The zero-order chi connectivity index (χ0) is 14.3. The molecule has 1 unspecified atom stereocenters. The summed E-state index contributed by atoms with van der Waals surface area (Å²) in [5, 5.41) is 3.35. The van der Waals surface area contributed by atoms with E-state index in [4.69, 9.17) is 4.74 Å². The molecule has 1 fully saturated rings. The molecule has 0 radical (unpaired) electrons. The smallest absolute Gasteiger partial charge is 0.325 e. The molecule has 1 aliphatic carbocycles. The molecule has 0 saturated heterocycles. The van der Waals surface area contributed by atoms with Crippen LogP contribution in [0.5, 0.6) is 0 Å². The summed E-state index contributed by atoms with van der Waals surface area (Å²) >= 11 is 1.98. The number of hydrogen-bond acceptors (Lipinski definition) is 4. The van der Waals surface area contributed by atoms with Crippen molar-refractivity contribution in [2.24, 2.45) is 5.92 Å². The number of rotatable bonds is 8. The van der Waals surface area contributed by atoms with E-state index >= 15 is 0 Å². The van der Waals surface area contributed by atoms with Crippen LogP contribution in [-0.4, -0.2) is 36.2 Å². The topological polar surface area (TPSA) is 38.3 Å². The Morgan fingerprint density at radius 2 is 2.05 bits per heavy atom. The zero-order valence-corrected chi connectivity index (χ0v) is 13.6. The van der Waals surface area contributed by atoms with Gasteiger partial charge in [-0.1, -0.05) is 12.8 Å². The Labute approximate surface area is 122 Å². The molecule has 0 aliphatic heterocycles. The maximum atomic E-state index is 11.9.